The van der Waals surface area contributed by atoms with Gasteiger partial charge in [0.2, 0.25) is 0 Å². The summed E-state index contributed by atoms with van der Waals surface area (Å²) >= 11 is 6.26. The van der Waals surface area contributed by atoms with Crippen LogP contribution in [0.3, 0.4) is 0 Å². The molecule has 0 aliphatic carbocycles. The number of benzene rings is 1. The fourth-order valence-corrected chi connectivity index (χ4v) is 2.40. The molecule has 19 heavy (non-hydrogen) atoms. The third-order valence-electron chi connectivity index (χ3n) is 3.14. The summed E-state index contributed by atoms with van der Waals surface area (Å²) in [6.07, 6.45) is 0.276. The molecule has 2 rings (SSSR count). The molecular formula is C13H17ClN2O3. The van der Waals surface area contributed by atoms with Crippen LogP contribution in [0.4, 0.5) is 5.69 Å². The number of hydrogen-bond donors (Lipinski definition) is 2. The Hall–Kier alpha value is -1.30. The van der Waals surface area contributed by atoms with Crippen molar-refractivity contribution in [2.45, 2.75) is 12.5 Å². The van der Waals surface area contributed by atoms with Crippen LogP contribution >= 0.6 is 11.6 Å². The molecule has 1 aliphatic rings. The molecule has 1 unspecified atom stereocenters. The van der Waals surface area contributed by atoms with Crippen LogP contribution in [0.5, 0.6) is 0 Å². The SMILES string of the molecule is NC(Cc1ccc(N2CCOCC2)c(Cl)c1)C(=O)O. The quantitative estimate of drug-likeness (QED) is 0.867. The average molecular weight is 285 g/mol. The molecule has 0 bridgehead atoms. The molecule has 0 spiro atoms. The molecule has 104 valence electrons. The van der Waals surface area contributed by atoms with E-state index in [1.165, 1.54) is 0 Å². The number of nitrogens with two attached hydrogens (primary N) is 1. The Kier molecular flexibility index (Phi) is 4.63. The second-order valence-electron chi connectivity index (χ2n) is 4.53. The summed E-state index contributed by atoms with van der Waals surface area (Å²) in [5, 5.41) is 9.41. The third-order valence-corrected chi connectivity index (χ3v) is 3.44. The Bertz CT molecular complexity index is 461. The first-order valence-electron chi connectivity index (χ1n) is 6.17. The first kappa shape index (κ1) is 14.1. The average Bonchev–Trinajstić information content (AvgIpc) is 2.39. The molecule has 1 atom stereocenters. The number of nitrogens with zero attached hydrogens (tertiary/aromatic N) is 1. The fourth-order valence-electron chi connectivity index (χ4n) is 2.08. The number of rotatable bonds is 4. The fraction of sp³-hybridized carbons (Fsp3) is 0.462. The van der Waals surface area contributed by atoms with Crippen LogP contribution in [0, 0.1) is 0 Å². The van der Waals surface area contributed by atoms with E-state index < -0.39 is 12.0 Å². The second kappa shape index (κ2) is 6.23. The van der Waals surface area contributed by atoms with Crippen molar-refractivity contribution in [3.63, 3.8) is 0 Å². The Morgan fingerprint density at radius 1 is 1.47 bits per heavy atom. The lowest BCUT2D eigenvalue weighted by molar-refractivity contribution is -0.138. The largest absolute Gasteiger partial charge is 0.480 e. The van der Waals surface area contributed by atoms with Gasteiger partial charge < -0.3 is 20.5 Å². The molecule has 1 saturated heterocycles. The first-order valence-corrected chi connectivity index (χ1v) is 6.55. The van der Waals surface area contributed by atoms with Crippen molar-refractivity contribution in [1.29, 1.82) is 0 Å². The predicted octanol–water partition coefficient (Wildman–Crippen LogP) is 1.13. The number of morpholine rings is 1. The van der Waals surface area contributed by atoms with Gasteiger partial charge in [0.15, 0.2) is 0 Å². The third kappa shape index (κ3) is 3.59. The van der Waals surface area contributed by atoms with Crippen LogP contribution in [0.1, 0.15) is 5.56 Å². The van der Waals surface area contributed by atoms with Crippen molar-refractivity contribution < 1.29 is 14.6 Å². The number of carboxylic acids is 1. The zero-order chi connectivity index (χ0) is 13.8. The molecule has 5 nitrogen and oxygen atoms in total. The van der Waals surface area contributed by atoms with Crippen LogP contribution < -0.4 is 10.6 Å². The Balaban J connectivity index is 2.10. The Labute approximate surface area is 116 Å². The van der Waals surface area contributed by atoms with E-state index in [-0.39, 0.29) is 6.42 Å². The summed E-state index contributed by atoms with van der Waals surface area (Å²) in [4.78, 5) is 12.9. The van der Waals surface area contributed by atoms with Gasteiger partial charge in [0.1, 0.15) is 6.04 Å². The van der Waals surface area contributed by atoms with E-state index in [9.17, 15) is 4.79 Å². The smallest absolute Gasteiger partial charge is 0.320 e. The highest BCUT2D eigenvalue weighted by Crippen LogP contribution is 2.27. The summed E-state index contributed by atoms with van der Waals surface area (Å²) < 4.78 is 5.30. The lowest BCUT2D eigenvalue weighted by Crippen LogP contribution is -2.36. The van der Waals surface area contributed by atoms with E-state index in [1.807, 2.05) is 12.1 Å². The number of hydrogen-bond acceptors (Lipinski definition) is 4. The topological polar surface area (TPSA) is 75.8 Å². The van der Waals surface area contributed by atoms with Crippen LogP contribution in [0.15, 0.2) is 18.2 Å². The van der Waals surface area contributed by atoms with Gasteiger partial charge in [-0.1, -0.05) is 17.7 Å². The second-order valence-corrected chi connectivity index (χ2v) is 4.94. The summed E-state index contributed by atoms with van der Waals surface area (Å²) in [6.45, 7) is 3.02. The van der Waals surface area contributed by atoms with Gasteiger partial charge in [-0.25, -0.2) is 0 Å². The molecule has 1 aromatic carbocycles. The maximum atomic E-state index is 10.7. The van der Waals surface area contributed by atoms with Crippen LogP contribution in [0.2, 0.25) is 5.02 Å². The normalized spacial score (nSPS) is 17.3. The minimum Gasteiger partial charge on any atom is -0.480 e. The summed E-state index contributed by atoms with van der Waals surface area (Å²) in [6, 6.07) is 4.68. The molecule has 0 saturated carbocycles. The molecule has 6 heteroatoms. The van der Waals surface area contributed by atoms with Crippen molar-refractivity contribution in [3.05, 3.63) is 28.8 Å². The number of anilines is 1. The highest BCUT2D eigenvalue weighted by Gasteiger charge is 2.16. The lowest BCUT2D eigenvalue weighted by Gasteiger charge is -2.29. The van der Waals surface area contributed by atoms with Crippen molar-refractivity contribution in [1.82, 2.24) is 0 Å². The van der Waals surface area contributed by atoms with E-state index in [0.29, 0.717) is 18.2 Å². The minimum absolute atomic E-state index is 0.276. The summed E-state index contributed by atoms with van der Waals surface area (Å²) in [5.41, 5.74) is 7.30. The molecule has 1 heterocycles. The molecule has 0 aromatic heterocycles. The van der Waals surface area contributed by atoms with Gasteiger partial charge in [-0.15, -0.1) is 0 Å². The number of halogens is 1. The van der Waals surface area contributed by atoms with Gasteiger partial charge in [0.05, 0.1) is 23.9 Å². The van der Waals surface area contributed by atoms with E-state index in [2.05, 4.69) is 4.90 Å². The van der Waals surface area contributed by atoms with Gasteiger partial charge in [0.25, 0.3) is 0 Å². The van der Waals surface area contributed by atoms with Crippen LogP contribution in [-0.2, 0) is 16.0 Å². The molecule has 1 fully saturated rings. The molecule has 1 aromatic rings. The van der Waals surface area contributed by atoms with Gasteiger partial charge in [0, 0.05) is 13.1 Å². The molecule has 3 N–H and O–H groups in total. The zero-order valence-electron chi connectivity index (χ0n) is 10.5. The summed E-state index contributed by atoms with van der Waals surface area (Å²) in [5.74, 6) is -1.01. The number of ether oxygens (including phenoxy) is 1. The van der Waals surface area contributed by atoms with Gasteiger partial charge in [-0.3, -0.25) is 4.79 Å². The lowest BCUT2D eigenvalue weighted by atomic mass is 10.1. The first-order chi connectivity index (χ1) is 9.08. The van der Waals surface area contributed by atoms with Gasteiger partial charge in [-0.05, 0) is 24.1 Å². The molecule has 0 radical (unpaired) electrons. The van der Waals surface area contributed by atoms with Crippen molar-refractivity contribution >= 4 is 23.3 Å². The van der Waals surface area contributed by atoms with E-state index >= 15 is 0 Å². The van der Waals surface area contributed by atoms with Crippen LogP contribution in [-0.4, -0.2) is 43.4 Å². The highest BCUT2D eigenvalue weighted by atomic mass is 35.5. The molecule has 0 amide bonds. The standard InChI is InChI=1S/C13H17ClN2O3/c14-10-7-9(8-11(15)13(17)18)1-2-12(10)16-3-5-19-6-4-16/h1-2,7,11H,3-6,8,15H2,(H,17,18). The maximum absolute atomic E-state index is 10.7. The van der Waals surface area contributed by atoms with E-state index in [0.717, 1.165) is 24.3 Å². The predicted molar refractivity (Wildman–Crippen MR) is 73.8 cm³/mol. The Morgan fingerprint density at radius 2 is 2.16 bits per heavy atom. The van der Waals surface area contributed by atoms with E-state index in [4.69, 9.17) is 27.2 Å². The van der Waals surface area contributed by atoms with Crippen molar-refractivity contribution in [2.24, 2.45) is 5.73 Å². The number of aliphatic carboxylic acids is 1. The zero-order valence-corrected chi connectivity index (χ0v) is 11.3. The van der Waals surface area contributed by atoms with Gasteiger partial charge in [-0.2, -0.15) is 0 Å². The van der Waals surface area contributed by atoms with Crippen molar-refractivity contribution in [2.75, 3.05) is 31.2 Å². The molecule has 1 aliphatic heterocycles. The van der Waals surface area contributed by atoms with Crippen LogP contribution in [0.25, 0.3) is 0 Å². The summed E-state index contributed by atoms with van der Waals surface area (Å²) in [7, 11) is 0. The Morgan fingerprint density at radius 3 is 2.74 bits per heavy atom. The van der Waals surface area contributed by atoms with Gasteiger partial charge >= 0.3 is 5.97 Å². The minimum atomic E-state index is -1.01. The van der Waals surface area contributed by atoms with Crippen molar-refractivity contribution in [3.8, 4) is 0 Å². The van der Waals surface area contributed by atoms with E-state index in [1.54, 1.807) is 6.07 Å². The highest BCUT2D eigenvalue weighted by molar-refractivity contribution is 6.33. The monoisotopic (exact) mass is 284 g/mol. The maximum Gasteiger partial charge on any atom is 0.320 e. The number of carboxylic acid groups (broad SMARTS) is 1. The number of carbonyl (C=O) groups is 1. The molecular weight excluding hydrogens is 268 g/mol.